The van der Waals surface area contributed by atoms with E-state index < -0.39 is 5.60 Å². The fourth-order valence-electron chi connectivity index (χ4n) is 4.85. The molecule has 11 nitrogen and oxygen atoms in total. The fraction of sp³-hybridized carbons (Fsp3) is 0.500. The molecule has 1 atom stereocenters. The van der Waals surface area contributed by atoms with Crippen LogP contribution in [-0.2, 0) is 9.47 Å². The second-order valence-electron chi connectivity index (χ2n) is 10.4. The first-order chi connectivity index (χ1) is 17.7. The molecular formula is C26H32N8O3. The number of hydrogen-bond donors (Lipinski definition) is 0. The highest BCUT2D eigenvalue weighted by atomic mass is 16.6. The summed E-state index contributed by atoms with van der Waals surface area (Å²) in [6, 6.07) is 5.64. The van der Waals surface area contributed by atoms with Crippen molar-refractivity contribution in [3.05, 3.63) is 36.4 Å². The molecule has 0 N–H and O–H groups in total. The maximum atomic E-state index is 12.7. The highest BCUT2D eigenvalue weighted by Crippen LogP contribution is 2.37. The molecule has 5 rings (SSSR count). The van der Waals surface area contributed by atoms with Gasteiger partial charge in [0.05, 0.1) is 35.9 Å². The minimum Gasteiger partial charge on any atom is -0.444 e. The molecule has 194 valence electrons. The van der Waals surface area contributed by atoms with E-state index in [4.69, 9.17) is 14.5 Å². The molecule has 1 amide bonds. The summed E-state index contributed by atoms with van der Waals surface area (Å²) >= 11 is 0. The van der Waals surface area contributed by atoms with Crippen LogP contribution < -0.4 is 9.80 Å². The first kappa shape index (κ1) is 24.8. The molecule has 5 heterocycles. The number of carbonyl (C=O) groups excluding carboxylic acids is 1. The summed E-state index contributed by atoms with van der Waals surface area (Å²) in [4.78, 5) is 32.9. The molecule has 0 radical (unpaired) electrons. The molecule has 0 aromatic carbocycles. The van der Waals surface area contributed by atoms with E-state index in [1.165, 1.54) is 0 Å². The van der Waals surface area contributed by atoms with E-state index in [0.717, 1.165) is 35.6 Å². The lowest BCUT2D eigenvalue weighted by atomic mass is 10.1. The Bertz CT molecular complexity index is 1340. The number of nitrogens with zero attached hydrogens (tertiary/aromatic N) is 8. The van der Waals surface area contributed by atoms with Gasteiger partial charge in [-0.1, -0.05) is 0 Å². The Kier molecular flexibility index (Phi) is 6.60. The summed E-state index contributed by atoms with van der Waals surface area (Å²) in [6.07, 6.45) is 4.93. The number of anilines is 2. The van der Waals surface area contributed by atoms with Crippen LogP contribution in [0.4, 0.5) is 16.3 Å². The van der Waals surface area contributed by atoms with E-state index in [2.05, 4.69) is 32.8 Å². The molecule has 3 aromatic heterocycles. The lowest BCUT2D eigenvalue weighted by Gasteiger charge is -2.41. The molecule has 3 aromatic rings. The van der Waals surface area contributed by atoms with Gasteiger partial charge in [-0.25, -0.2) is 19.7 Å². The van der Waals surface area contributed by atoms with Crippen LogP contribution in [0.1, 0.15) is 33.3 Å². The van der Waals surface area contributed by atoms with Gasteiger partial charge in [-0.15, -0.1) is 0 Å². The van der Waals surface area contributed by atoms with E-state index in [0.29, 0.717) is 44.2 Å². The number of nitriles is 1. The van der Waals surface area contributed by atoms with Gasteiger partial charge in [-0.2, -0.15) is 5.26 Å². The predicted octanol–water partition coefficient (Wildman–Crippen LogP) is 2.97. The number of piperazine rings is 1. The SMILES string of the molecule is C[C@H]1CN(C(=O)OC(C)(C)C)CCN1c1ncnc2c1c(N1CCOCC1)cn2-c1cc(C#N)ccn1. The van der Waals surface area contributed by atoms with E-state index in [9.17, 15) is 10.1 Å². The quantitative estimate of drug-likeness (QED) is 0.531. The van der Waals surface area contributed by atoms with Crippen molar-refractivity contribution in [1.29, 1.82) is 5.26 Å². The van der Waals surface area contributed by atoms with Gasteiger partial charge in [-0.3, -0.25) is 4.57 Å². The van der Waals surface area contributed by atoms with Crippen molar-refractivity contribution in [2.75, 3.05) is 55.7 Å². The number of amides is 1. The second-order valence-corrected chi connectivity index (χ2v) is 10.4. The standard InChI is InChI=1S/C26H32N8O3/c1-18-15-32(25(35)37-26(2,3)4)7-8-33(18)23-22-20(31-9-11-36-12-10-31)16-34(24(22)30-17-29-23)21-13-19(14-27)5-6-28-21/h5-6,13,16-18H,7-12,15H2,1-4H3/t18-/m0/s1. The summed E-state index contributed by atoms with van der Waals surface area (Å²) in [5.74, 6) is 1.44. The Morgan fingerprint density at radius 3 is 2.65 bits per heavy atom. The normalized spacial score (nSPS) is 18.7. The first-order valence-corrected chi connectivity index (χ1v) is 12.5. The average Bonchev–Trinajstić information content (AvgIpc) is 3.28. The molecule has 2 aliphatic rings. The number of hydrogen-bond acceptors (Lipinski definition) is 9. The number of aromatic nitrogens is 4. The molecule has 0 bridgehead atoms. The van der Waals surface area contributed by atoms with E-state index >= 15 is 0 Å². The van der Waals surface area contributed by atoms with Gasteiger partial charge < -0.3 is 24.2 Å². The van der Waals surface area contributed by atoms with E-state index in [1.54, 1.807) is 29.6 Å². The van der Waals surface area contributed by atoms with Crippen molar-refractivity contribution in [3.8, 4) is 11.9 Å². The molecule has 0 saturated carbocycles. The largest absolute Gasteiger partial charge is 0.444 e. The summed E-state index contributed by atoms with van der Waals surface area (Å²) in [5.41, 5.74) is 1.71. The molecule has 37 heavy (non-hydrogen) atoms. The highest BCUT2D eigenvalue weighted by Gasteiger charge is 2.33. The van der Waals surface area contributed by atoms with Crippen LogP contribution in [0.15, 0.2) is 30.9 Å². The third-order valence-corrected chi connectivity index (χ3v) is 6.57. The second kappa shape index (κ2) is 9.86. The molecule has 11 heteroatoms. The summed E-state index contributed by atoms with van der Waals surface area (Å²) in [5, 5.41) is 10.3. The minimum atomic E-state index is -0.539. The van der Waals surface area contributed by atoms with Crippen molar-refractivity contribution >= 4 is 28.6 Å². The van der Waals surface area contributed by atoms with Crippen molar-refractivity contribution in [3.63, 3.8) is 0 Å². The van der Waals surface area contributed by atoms with Crippen molar-refractivity contribution in [1.82, 2.24) is 24.4 Å². The molecule has 0 unspecified atom stereocenters. The van der Waals surface area contributed by atoms with Crippen LogP contribution >= 0.6 is 0 Å². The number of morpholine rings is 1. The maximum Gasteiger partial charge on any atom is 0.410 e. The first-order valence-electron chi connectivity index (χ1n) is 12.5. The summed E-state index contributed by atoms with van der Waals surface area (Å²) in [7, 11) is 0. The Labute approximate surface area is 216 Å². The molecule has 2 aliphatic heterocycles. The van der Waals surface area contributed by atoms with Crippen LogP contribution in [0.2, 0.25) is 0 Å². The van der Waals surface area contributed by atoms with Crippen LogP contribution in [0.3, 0.4) is 0 Å². The van der Waals surface area contributed by atoms with Crippen LogP contribution in [0.5, 0.6) is 0 Å². The van der Waals surface area contributed by atoms with Crippen molar-refractivity contribution in [2.24, 2.45) is 0 Å². The van der Waals surface area contributed by atoms with Gasteiger partial charge >= 0.3 is 6.09 Å². The summed E-state index contributed by atoms with van der Waals surface area (Å²) < 4.78 is 13.1. The maximum absolute atomic E-state index is 12.7. The van der Waals surface area contributed by atoms with E-state index in [1.807, 2.05) is 31.5 Å². The zero-order chi connectivity index (χ0) is 26.2. The van der Waals surface area contributed by atoms with Crippen LogP contribution in [0.25, 0.3) is 16.9 Å². The lowest BCUT2D eigenvalue weighted by Crippen LogP contribution is -2.55. The molecule has 0 spiro atoms. The van der Waals surface area contributed by atoms with Gasteiger partial charge in [0.25, 0.3) is 0 Å². The summed E-state index contributed by atoms with van der Waals surface area (Å²) in [6.45, 7) is 12.2. The topological polar surface area (TPSA) is 113 Å². The van der Waals surface area contributed by atoms with Gasteiger partial charge in [0.2, 0.25) is 0 Å². The van der Waals surface area contributed by atoms with Crippen molar-refractivity contribution < 1.29 is 14.3 Å². The van der Waals surface area contributed by atoms with Gasteiger partial charge in [0.15, 0.2) is 5.65 Å². The van der Waals surface area contributed by atoms with Gasteiger partial charge in [-0.05, 0) is 39.8 Å². The Morgan fingerprint density at radius 2 is 1.95 bits per heavy atom. The zero-order valence-corrected chi connectivity index (χ0v) is 21.7. The minimum absolute atomic E-state index is 0.0142. The van der Waals surface area contributed by atoms with Gasteiger partial charge in [0, 0.05) is 51.2 Å². The number of fused-ring (bicyclic) bond motifs is 1. The molecule has 2 saturated heterocycles. The monoisotopic (exact) mass is 504 g/mol. The van der Waals surface area contributed by atoms with Gasteiger partial charge in [0.1, 0.15) is 23.6 Å². The number of pyridine rings is 1. The molecule has 2 fully saturated rings. The molecule has 0 aliphatic carbocycles. The molecular weight excluding hydrogens is 472 g/mol. The average molecular weight is 505 g/mol. The Hall–Kier alpha value is -3.91. The third-order valence-electron chi connectivity index (χ3n) is 6.57. The zero-order valence-electron chi connectivity index (χ0n) is 21.7. The highest BCUT2D eigenvalue weighted by molar-refractivity contribution is 6.00. The third kappa shape index (κ3) is 5.02. The Morgan fingerprint density at radius 1 is 1.16 bits per heavy atom. The lowest BCUT2D eigenvalue weighted by molar-refractivity contribution is 0.0218. The predicted molar refractivity (Wildman–Crippen MR) is 139 cm³/mol. The number of carbonyl (C=O) groups is 1. The van der Waals surface area contributed by atoms with E-state index in [-0.39, 0.29) is 12.1 Å². The van der Waals surface area contributed by atoms with Crippen LogP contribution in [-0.4, -0.2) is 88.1 Å². The fourth-order valence-corrected chi connectivity index (χ4v) is 4.85. The Balaban J connectivity index is 1.55. The number of ether oxygens (including phenoxy) is 2. The van der Waals surface area contributed by atoms with Crippen LogP contribution in [0, 0.1) is 11.3 Å². The smallest absolute Gasteiger partial charge is 0.410 e. The number of rotatable bonds is 3. The van der Waals surface area contributed by atoms with Crippen molar-refractivity contribution in [2.45, 2.75) is 39.3 Å².